The van der Waals surface area contributed by atoms with Crippen molar-refractivity contribution in [3.63, 3.8) is 0 Å². The van der Waals surface area contributed by atoms with Crippen LogP contribution < -0.4 is 5.19 Å². The second kappa shape index (κ2) is 3.25. The highest BCUT2D eigenvalue weighted by Crippen LogP contribution is 2.05. The molecule has 0 radical (unpaired) electrons. The first-order valence-electron chi connectivity index (χ1n) is 4.00. The van der Waals surface area contributed by atoms with Gasteiger partial charge >= 0.3 is 0 Å². The van der Waals surface area contributed by atoms with Crippen molar-refractivity contribution in [3.8, 4) is 0 Å². The molecule has 0 saturated carbocycles. The van der Waals surface area contributed by atoms with Crippen molar-refractivity contribution in [2.24, 2.45) is 0 Å². The summed E-state index contributed by atoms with van der Waals surface area (Å²) in [5.74, 6) is 0. The van der Waals surface area contributed by atoms with Crippen molar-refractivity contribution in [3.05, 3.63) is 36.4 Å². The first kappa shape index (κ1) is 9.23. The number of benzene rings is 1. The Bertz CT molecular complexity index is 286. The van der Waals surface area contributed by atoms with Crippen molar-refractivity contribution < 1.29 is 4.80 Å². The Morgan fingerprint density at radius 2 is 1.92 bits per heavy atom. The molecule has 0 heterocycles. The van der Waals surface area contributed by atoms with Crippen molar-refractivity contribution in [1.82, 2.24) is 0 Å². The molecule has 0 aliphatic carbocycles. The monoisotopic (exact) mass is 178 g/mol. The minimum Gasteiger partial charge on any atom is -0.428 e. The van der Waals surface area contributed by atoms with E-state index in [2.05, 4.69) is 6.58 Å². The van der Waals surface area contributed by atoms with Gasteiger partial charge in [0.2, 0.25) is 8.32 Å². The Labute approximate surface area is 74.5 Å². The summed E-state index contributed by atoms with van der Waals surface area (Å²) in [6.45, 7) is 7.54. The van der Waals surface area contributed by atoms with Crippen LogP contribution in [0.25, 0.3) is 6.08 Å². The SMILES string of the molecule is C=Cc1ccccc1[Si](C)(C)O. The van der Waals surface area contributed by atoms with Gasteiger partial charge in [-0.3, -0.25) is 0 Å². The van der Waals surface area contributed by atoms with E-state index in [1.54, 1.807) is 6.08 Å². The minimum atomic E-state index is -2.17. The quantitative estimate of drug-likeness (QED) is 0.684. The molecule has 0 atom stereocenters. The van der Waals surface area contributed by atoms with E-state index in [4.69, 9.17) is 0 Å². The van der Waals surface area contributed by atoms with Crippen LogP contribution in [0.2, 0.25) is 13.1 Å². The third-order valence-electron chi connectivity index (χ3n) is 1.84. The van der Waals surface area contributed by atoms with Crippen molar-refractivity contribution in [2.75, 3.05) is 0 Å². The molecule has 0 saturated heterocycles. The maximum atomic E-state index is 9.89. The van der Waals surface area contributed by atoms with Gasteiger partial charge in [-0.25, -0.2) is 0 Å². The van der Waals surface area contributed by atoms with E-state index in [1.165, 1.54) is 0 Å². The molecule has 0 bridgehead atoms. The van der Waals surface area contributed by atoms with Gasteiger partial charge < -0.3 is 4.80 Å². The summed E-state index contributed by atoms with van der Waals surface area (Å²) in [7, 11) is -2.17. The van der Waals surface area contributed by atoms with E-state index in [9.17, 15) is 4.80 Å². The predicted molar refractivity (Wildman–Crippen MR) is 55.9 cm³/mol. The molecule has 12 heavy (non-hydrogen) atoms. The molecule has 1 aromatic rings. The van der Waals surface area contributed by atoms with Gasteiger partial charge in [-0.05, 0) is 23.8 Å². The Morgan fingerprint density at radius 1 is 1.33 bits per heavy atom. The molecule has 1 N–H and O–H groups in total. The third kappa shape index (κ3) is 1.84. The Hall–Kier alpha value is -0.863. The zero-order valence-corrected chi connectivity index (χ0v) is 8.54. The average molecular weight is 178 g/mol. The molecular weight excluding hydrogens is 164 g/mol. The molecule has 64 valence electrons. The molecular formula is C10H14OSi. The first-order chi connectivity index (χ1) is 5.55. The summed E-state index contributed by atoms with van der Waals surface area (Å²) in [6, 6.07) is 7.87. The van der Waals surface area contributed by atoms with E-state index in [-0.39, 0.29) is 0 Å². The lowest BCUT2D eigenvalue weighted by atomic mass is 10.2. The number of hydrogen-bond donors (Lipinski definition) is 1. The first-order valence-corrected chi connectivity index (χ1v) is 6.95. The molecule has 1 aromatic carbocycles. The fraction of sp³-hybridized carbons (Fsp3) is 0.200. The summed E-state index contributed by atoms with van der Waals surface area (Å²) in [5, 5.41) is 1.06. The molecule has 1 nitrogen and oxygen atoms in total. The van der Waals surface area contributed by atoms with Crippen LogP contribution in [0.1, 0.15) is 5.56 Å². The molecule has 1 rings (SSSR count). The summed E-state index contributed by atoms with van der Waals surface area (Å²) in [6.07, 6.45) is 1.79. The van der Waals surface area contributed by atoms with Crippen molar-refractivity contribution in [1.29, 1.82) is 0 Å². The zero-order valence-electron chi connectivity index (χ0n) is 7.54. The van der Waals surface area contributed by atoms with Crippen molar-refractivity contribution >= 4 is 19.6 Å². The van der Waals surface area contributed by atoms with Crippen LogP contribution in [-0.4, -0.2) is 13.1 Å². The highest BCUT2D eigenvalue weighted by Gasteiger charge is 2.21. The number of hydrogen-bond acceptors (Lipinski definition) is 1. The van der Waals surface area contributed by atoms with Gasteiger partial charge in [-0.15, -0.1) is 0 Å². The summed E-state index contributed by atoms with van der Waals surface area (Å²) in [5.41, 5.74) is 1.05. The van der Waals surface area contributed by atoms with Gasteiger partial charge in [0.25, 0.3) is 0 Å². The van der Waals surface area contributed by atoms with E-state index < -0.39 is 8.32 Å². The average Bonchev–Trinajstić information content (AvgIpc) is 2.03. The van der Waals surface area contributed by atoms with Gasteiger partial charge in [0.15, 0.2) is 0 Å². The highest BCUT2D eigenvalue weighted by molar-refractivity contribution is 6.83. The van der Waals surface area contributed by atoms with Crippen LogP contribution in [0.5, 0.6) is 0 Å². The molecule has 0 spiro atoms. The van der Waals surface area contributed by atoms with Crippen LogP contribution >= 0.6 is 0 Å². The Morgan fingerprint density at radius 3 is 2.33 bits per heavy atom. The largest absolute Gasteiger partial charge is 0.428 e. The molecule has 0 aliphatic rings. The van der Waals surface area contributed by atoms with E-state index in [1.807, 2.05) is 37.4 Å². The highest BCUT2D eigenvalue weighted by atomic mass is 28.4. The van der Waals surface area contributed by atoms with Gasteiger partial charge in [-0.2, -0.15) is 0 Å². The van der Waals surface area contributed by atoms with Crippen molar-refractivity contribution in [2.45, 2.75) is 13.1 Å². The van der Waals surface area contributed by atoms with Gasteiger partial charge in [0.05, 0.1) is 0 Å². The molecule has 0 unspecified atom stereocenters. The Balaban J connectivity index is 3.23. The van der Waals surface area contributed by atoms with Crippen LogP contribution in [0, 0.1) is 0 Å². The van der Waals surface area contributed by atoms with Crippen LogP contribution in [0.15, 0.2) is 30.8 Å². The van der Waals surface area contributed by atoms with Gasteiger partial charge in [-0.1, -0.05) is 36.9 Å². The van der Waals surface area contributed by atoms with Crippen LogP contribution in [0.4, 0.5) is 0 Å². The number of rotatable bonds is 2. The lowest BCUT2D eigenvalue weighted by Gasteiger charge is -2.16. The predicted octanol–water partition coefficient (Wildman–Crippen LogP) is 1.73. The second-order valence-corrected chi connectivity index (χ2v) is 7.01. The maximum absolute atomic E-state index is 9.89. The fourth-order valence-electron chi connectivity index (χ4n) is 1.23. The maximum Gasteiger partial charge on any atom is 0.214 e. The molecule has 0 amide bonds. The summed E-state index contributed by atoms with van der Waals surface area (Å²) in [4.78, 5) is 9.89. The Kier molecular flexibility index (Phi) is 2.50. The van der Waals surface area contributed by atoms with Gasteiger partial charge in [0, 0.05) is 0 Å². The molecule has 0 aliphatic heterocycles. The molecule has 2 heteroatoms. The van der Waals surface area contributed by atoms with E-state index in [0.29, 0.717) is 0 Å². The van der Waals surface area contributed by atoms with Gasteiger partial charge in [0.1, 0.15) is 0 Å². The summed E-state index contributed by atoms with van der Waals surface area (Å²) >= 11 is 0. The molecule has 0 aromatic heterocycles. The standard InChI is InChI=1S/C10H14OSi/c1-4-9-7-5-6-8-10(9)12(2,3)11/h4-8,11H,1H2,2-3H3. The van der Waals surface area contributed by atoms with Crippen LogP contribution in [-0.2, 0) is 0 Å². The third-order valence-corrected chi connectivity index (χ3v) is 3.61. The fourth-order valence-corrected chi connectivity index (χ4v) is 2.63. The lowest BCUT2D eigenvalue weighted by Crippen LogP contribution is -2.42. The lowest BCUT2D eigenvalue weighted by molar-refractivity contribution is 0.568. The van der Waals surface area contributed by atoms with Crippen LogP contribution in [0.3, 0.4) is 0 Å². The molecule has 0 fully saturated rings. The second-order valence-electron chi connectivity index (χ2n) is 3.35. The minimum absolute atomic E-state index is 1.05. The zero-order chi connectivity index (χ0) is 9.19. The summed E-state index contributed by atoms with van der Waals surface area (Å²) < 4.78 is 0. The normalized spacial score (nSPS) is 11.2. The topological polar surface area (TPSA) is 20.2 Å². The van der Waals surface area contributed by atoms with E-state index in [0.717, 1.165) is 10.8 Å². The van der Waals surface area contributed by atoms with E-state index >= 15 is 0 Å². The smallest absolute Gasteiger partial charge is 0.214 e.